The van der Waals surface area contributed by atoms with Gasteiger partial charge in [0.05, 0.1) is 11.1 Å². The Balaban J connectivity index is 2.00. The van der Waals surface area contributed by atoms with Crippen molar-refractivity contribution in [3.8, 4) is 11.6 Å². The Morgan fingerprint density at radius 2 is 2.32 bits per heavy atom. The van der Waals surface area contributed by atoms with Crippen LogP contribution in [0.3, 0.4) is 0 Å². The number of fused-ring (bicyclic) bond motifs is 1. The molecule has 0 atom stereocenters. The monoisotopic (exact) mass is 342 g/mol. The summed E-state index contributed by atoms with van der Waals surface area (Å²) in [5.74, 6) is 0.210. The van der Waals surface area contributed by atoms with Crippen LogP contribution in [0.1, 0.15) is 5.69 Å². The summed E-state index contributed by atoms with van der Waals surface area (Å²) < 4.78 is 21.1. The Bertz CT molecular complexity index is 740. The van der Waals surface area contributed by atoms with Crippen molar-refractivity contribution < 1.29 is 14.2 Å². The maximum absolute atomic E-state index is 13.4. The summed E-state index contributed by atoms with van der Waals surface area (Å²) in [6, 6.07) is 4.45. The third-order valence-corrected chi connectivity index (χ3v) is 3.98. The second-order valence-corrected chi connectivity index (χ2v) is 5.48. The first-order valence-corrected chi connectivity index (χ1v) is 7.04. The fraction of sp³-hybridized carbons (Fsp3) is 0.0833. The number of aliphatic hydroxyl groups excluding tert-OH is 1. The van der Waals surface area contributed by atoms with E-state index in [1.807, 2.05) is 5.38 Å². The fourth-order valence-corrected chi connectivity index (χ4v) is 2.66. The van der Waals surface area contributed by atoms with Gasteiger partial charge in [0.1, 0.15) is 17.3 Å². The molecule has 0 fully saturated rings. The first-order valence-electron chi connectivity index (χ1n) is 5.37. The summed E-state index contributed by atoms with van der Waals surface area (Å²) in [4.78, 5) is 4.98. The van der Waals surface area contributed by atoms with Crippen LogP contribution < -0.4 is 4.74 Å². The van der Waals surface area contributed by atoms with Crippen molar-refractivity contribution >= 4 is 32.2 Å². The van der Waals surface area contributed by atoms with Gasteiger partial charge in [0, 0.05) is 17.6 Å². The van der Waals surface area contributed by atoms with Crippen molar-refractivity contribution in [2.45, 2.75) is 6.61 Å². The van der Waals surface area contributed by atoms with Crippen molar-refractivity contribution in [1.29, 1.82) is 0 Å². The Labute approximate surface area is 120 Å². The van der Waals surface area contributed by atoms with Gasteiger partial charge in [0.15, 0.2) is 4.96 Å². The van der Waals surface area contributed by atoms with Gasteiger partial charge in [-0.05, 0) is 28.1 Å². The van der Waals surface area contributed by atoms with Crippen molar-refractivity contribution in [3.63, 3.8) is 0 Å². The highest BCUT2D eigenvalue weighted by atomic mass is 79.9. The zero-order valence-electron chi connectivity index (χ0n) is 9.51. The number of imidazole rings is 1. The Morgan fingerprint density at radius 1 is 1.47 bits per heavy atom. The number of hydrogen-bond donors (Lipinski definition) is 1. The molecule has 1 N–H and O–H groups in total. The van der Waals surface area contributed by atoms with Crippen LogP contribution in [-0.2, 0) is 6.61 Å². The van der Waals surface area contributed by atoms with E-state index in [0.717, 1.165) is 4.96 Å². The minimum atomic E-state index is -0.413. The van der Waals surface area contributed by atoms with Gasteiger partial charge >= 0.3 is 0 Å². The highest BCUT2D eigenvalue weighted by molar-refractivity contribution is 9.10. The average molecular weight is 343 g/mol. The van der Waals surface area contributed by atoms with Gasteiger partial charge in [-0.15, -0.1) is 11.3 Å². The number of aromatic nitrogens is 2. The topological polar surface area (TPSA) is 46.8 Å². The molecule has 4 nitrogen and oxygen atoms in total. The summed E-state index contributed by atoms with van der Waals surface area (Å²) in [6.45, 7) is -0.202. The van der Waals surface area contributed by atoms with Crippen molar-refractivity contribution in [2.24, 2.45) is 0 Å². The zero-order valence-corrected chi connectivity index (χ0v) is 11.9. The molecule has 98 valence electrons. The number of rotatable bonds is 3. The summed E-state index contributed by atoms with van der Waals surface area (Å²) in [7, 11) is 0. The lowest BCUT2D eigenvalue weighted by Crippen LogP contribution is -1.94. The number of halogens is 2. The maximum atomic E-state index is 13.4. The van der Waals surface area contributed by atoms with E-state index in [9.17, 15) is 9.50 Å². The van der Waals surface area contributed by atoms with Gasteiger partial charge < -0.3 is 9.84 Å². The van der Waals surface area contributed by atoms with Gasteiger partial charge in [0.2, 0.25) is 5.88 Å². The molecule has 19 heavy (non-hydrogen) atoms. The van der Waals surface area contributed by atoms with E-state index in [1.54, 1.807) is 22.7 Å². The van der Waals surface area contributed by atoms with Gasteiger partial charge in [-0.2, -0.15) is 4.98 Å². The van der Waals surface area contributed by atoms with Crippen LogP contribution in [0.15, 0.2) is 34.2 Å². The molecule has 0 bridgehead atoms. The van der Waals surface area contributed by atoms with Crippen LogP contribution in [0.2, 0.25) is 0 Å². The van der Waals surface area contributed by atoms with Gasteiger partial charge in [-0.3, -0.25) is 4.40 Å². The van der Waals surface area contributed by atoms with Crippen LogP contribution in [-0.4, -0.2) is 14.5 Å². The maximum Gasteiger partial charge on any atom is 0.244 e. The number of ether oxygens (including phenoxy) is 1. The molecule has 0 aliphatic carbocycles. The van der Waals surface area contributed by atoms with E-state index in [1.165, 1.54) is 17.4 Å². The standard InChI is InChI=1S/C12H8BrFN2O2S/c13-8-2-1-7(5-9(8)14)18-11-10(6-17)16-3-4-19-12(16)15-11/h1-5,17H,6H2. The Hall–Kier alpha value is -1.44. The minimum absolute atomic E-state index is 0.202. The number of hydrogen-bond acceptors (Lipinski definition) is 4. The van der Waals surface area contributed by atoms with E-state index in [4.69, 9.17) is 4.74 Å². The molecule has 3 rings (SSSR count). The van der Waals surface area contributed by atoms with Gasteiger partial charge in [0.25, 0.3) is 0 Å². The van der Waals surface area contributed by atoms with Crippen LogP contribution in [0.25, 0.3) is 4.96 Å². The van der Waals surface area contributed by atoms with E-state index in [2.05, 4.69) is 20.9 Å². The fourth-order valence-electron chi connectivity index (χ4n) is 1.69. The summed E-state index contributed by atoms with van der Waals surface area (Å²) in [5, 5.41) is 11.2. The van der Waals surface area contributed by atoms with Crippen LogP contribution in [0, 0.1) is 5.82 Å². The molecule has 0 amide bonds. The van der Waals surface area contributed by atoms with Gasteiger partial charge in [-0.25, -0.2) is 4.39 Å². The van der Waals surface area contributed by atoms with Crippen molar-refractivity contribution in [2.75, 3.05) is 0 Å². The minimum Gasteiger partial charge on any atom is -0.437 e. The van der Waals surface area contributed by atoms with Crippen LogP contribution in [0.4, 0.5) is 4.39 Å². The molecule has 0 aliphatic heterocycles. The molecule has 0 spiro atoms. The average Bonchev–Trinajstić information content (AvgIpc) is 2.94. The molecule has 2 aromatic heterocycles. The summed E-state index contributed by atoms with van der Waals surface area (Å²) >= 11 is 4.51. The first-order chi connectivity index (χ1) is 9.19. The lowest BCUT2D eigenvalue weighted by atomic mass is 10.3. The molecule has 3 aromatic rings. The predicted octanol–water partition coefficient (Wildman–Crippen LogP) is 3.58. The number of thiazole rings is 1. The number of aliphatic hydroxyl groups is 1. The highest BCUT2D eigenvalue weighted by Gasteiger charge is 2.14. The van der Waals surface area contributed by atoms with Crippen LogP contribution in [0.5, 0.6) is 11.6 Å². The molecule has 0 saturated carbocycles. The summed E-state index contributed by atoms with van der Waals surface area (Å²) in [5.41, 5.74) is 0.541. The normalized spacial score (nSPS) is 11.1. The quantitative estimate of drug-likeness (QED) is 0.791. The Kier molecular flexibility index (Phi) is 3.26. The van der Waals surface area contributed by atoms with Crippen molar-refractivity contribution in [1.82, 2.24) is 9.38 Å². The summed E-state index contributed by atoms with van der Waals surface area (Å²) in [6.07, 6.45) is 1.80. The second-order valence-electron chi connectivity index (χ2n) is 3.76. The van der Waals surface area contributed by atoms with E-state index >= 15 is 0 Å². The van der Waals surface area contributed by atoms with E-state index in [-0.39, 0.29) is 12.5 Å². The molecule has 1 aromatic carbocycles. The van der Waals surface area contributed by atoms with Crippen LogP contribution >= 0.6 is 27.3 Å². The zero-order chi connectivity index (χ0) is 13.4. The molecule has 7 heteroatoms. The lowest BCUT2D eigenvalue weighted by molar-refractivity contribution is 0.269. The molecule has 0 radical (unpaired) electrons. The molecular weight excluding hydrogens is 335 g/mol. The molecule has 0 aliphatic rings. The SMILES string of the molecule is OCc1c(Oc2ccc(Br)c(F)c2)nc2sccn12. The lowest BCUT2D eigenvalue weighted by Gasteiger charge is -2.05. The number of benzene rings is 1. The third kappa shape index (κ3) is 2.24. The Morgan fingerprint density at radius 3 is 3.05 bits per heavy atom. The first kappa shape index (κ1) is 12.6. The number of nitrogens with zero attached hydrogens (tertiary/aromatic N) is 2. The highest BCUT2D eigenvalue weighted by Crippen LogP contribution is 2.29. The third-order valence-electron chi connectivity index (χ3n) is 2.58. The molecule has 2 heterocycles. The van der Waals surface area contributed by atoms with E-state index in [0.29, 0.717) is 15.9 Å². The molecule has 0 unspecified atom stereocenters. The molecule has 0 saturated heterocycles. The second kappa shape index (κ2) is 4.92. The largest absolute Gasteiger partial charge is 0.437 e. The smallest absolute Gasteiger partial charge is 0.244 e. The van der Waals surface area contributed by atoms with E-state index < -0.39 is 5.82 Å². The predicted molar refractivity (Wildman–Crippen MR) is 73.2 cm³/mol. The molecular formula is C12H8BrFN2O2S. The van der Waals surface area contributed by atoms with Gasteiger partial charge in [-0.1, -0.05) is 0 Å². The van der Waals surface area contributed by atoms with Crippen molar-refractivity contribution in [3.05, 3.63) is 45.8 Å².